The first kappa shape index (κ1) is 23.6. The molecule has 1 aliphatic rings. The van der Waals surface area contributed by atoms with Crippen molar-refractivity contribution in [3.63, 3.8) is 0 Å². The molecule has 3 N–H and O–H groups in total. The number of aliphatic hydroxyl groups excluding tert-OH is 1. The fourth-order valence-corrected chi connectivity index (χ4v) is 3.85. The van der Waals surface area contributed by atoms with Crippen molar-refractivity contribution in [2.24, 2.45) is 0 Å². The number of ether oxygens (including phenoxy) is 1. The molecule has 0 saturated heterocycles. The number of carbonyl (C=O) groups excluding carboxylic acids is 1. The van der Waals surface area contributed by atoms with Crippen LogP contribution in [0.4, 0.5) is 13.2 Å². The average molecular weight is 470 g/mol. The zero-order valence-electron chi connectivity index (χ0n) is 18.5. The van der Waals surface area contributed by atoms with E-state index in [4.69, 9.17) is 4.74 Å². The van der Waals surface area contributed by atoms with Crippen LogP contribution in [-0.2, 0) is 6.42 Å². The summed E-state index contributed by atoms with van der Waals surface area (Å²) in [6.07, 6.45) is 1.47. The number of nitrogens with one attached hydrogen (secondary N) is 2. The number of hydrogen-bond acceptors (Lipinski definition) is 3. The molecule has 0 spiro atoms. The van der Waals surface area contributed by atoms with Gasteiger partial charge in [-0.25, -0.2) is 13.2 Å². The van der Waals surface area contributed by atoms with Crippen LogP contribution >= 0.6 is 0 Å². The lowest BCUT2D eigenvalue weighted by Gasteiger charge is -2.18. The maximum Gasteiger partial charge on any atom is 0.257 e. The van der Waals surface area contributed by atoms with Crippen LogP contribution in [0.2, 0.25) is 0 Å². The average Bonchev–Trinajstić information content (AvgIpc) is 3.20. The van der Waals surface area contributed by atoms with E-state index in [0.717, 1.165) is 12.5 Å². The summed E-state index contributed by atoms with van der Waals surface area (Å²) in [7, 11) is 0. The van der Waals surface area contributed by atoms with Crippen molar-refractivity contribution in [3.8, 4) is 5.75 Å². The Bertz CT molecular complexity index is 1250. The molecular formula is C26H25F3N2O3. The summed E-state index contributed by atoms with van der Waals surface area (Å²) in [5.74, 6) is -0.681. The van der Waals surface area contributed by atoms with Crippen molar-refractivity contribution in [3.05, 3.63) is 83.3 Å². The van der Waals surface area contributed by atoms with Gasteiger partial charge in [0.05, 0.1) is 12.2 Å². The fourth-order valence-electron chi connectivity index (χ4n) is 3.85. The Morgan fingerprint density at radius 3 is 2.79 bits per heavy atom. The normalized spacial score (nSPS) is 18.6. The number of fused-ring (bicyclic) bond motifs is 1. The highest BCUT2D eigenvalue weighted by molar-refractivity contribution is 5.98. The molecule has 0 fully saturated rings. The predicted molar refractivity (Wildman–Crippen MR) is 125 cm³/mol. The van der Waals surface area contributed by atoms with Crippen LogP contribution in [-0.4, -0.2) is 41.2 Å². The molecule has 1 amide bonds. The number of aromatic amines is 1. The molecular weight excluding hydrogens is 445 g/mol. The molecule has 3 atom stereocenters. The number of aliphatic hydroxyl groups is 1. The number of hydrogen-bond donors (Lipinski definition) is 3. The molecule has 4 rings (SSSR count). The van der Waals surface area contributed by atoms with Gasteiger partial charge >= 0.3 is 0 Å². The van der Waals surface area contributed by atoms with Crippen LogP contribution < -0.4 is 10.1 Å². The van der Waals surface area contributed by atoms with Crippen molar-refractivity contribution >= 4 is 22.4 Å². The Kier molecular flexibility index (Phi) is 7.07. The molecule has 178 valence electrons. The SMILES string of the molecule is CCCOc1ccc(C2=CC(F)C(F)C=C2)cc1C(=O)NC(O)Cc1c[nH]c2ccc(F)cc12. The molecule has 8 heteroatoms. The van der Waals surface area contributed by atoms with Gasteiger partial charge in [-0.3, -0.25) is 4.79 Å². The molecule has 1 aliphatic carbocycles. The monoisotopic (exact) mass is 470 g/mol. The largest absolute Gasteiger partial charge is 0.493 e. The van der Waals surface area contributed by atoms with Gasteiger partial charge in [-0.1, -0.05) is 19.1 Å². The molecule has 0 aliphatic heterocycles. The number of benzene rings is 2. The summed E-state index contributed by atoms with van der Waals surface area (Å²) in [5, 5.41) is 13.7. The highest BCUT2D eigenvalue weighted by Crippen LogP contribution is 2.29. The molecule has 3 aromatic rings. The van der Waals surface area contributed by atoms with E-state index in [0.29, 0.717) is 40.0 Å². The van der Waals surface area contributed by atoms with E-state index in [1.54, 1.807) is 24.4 Å². The van der Waals surface area contributed by atoms with Crippen molar-refractivity contribution in [1.29, 1.82) is 0 Å². The molecule has 34 heavy (non-hydrogen) atoms. The smallest absolute Gasteiger partial charge is 0.257 e. The van der Waals surface area contributed by atoms with Gasteiger partial charge in [0.1, 0.15) is 17.8 Å². The van der Waals surface area contributed by atoms with Gasteiger partial charge in [0.15, 0.2) is 12.3 Å². The van der Waals surface area contributed by atoms with Crippen molar-refractivity contribution < 1.29 is 27.8 Å². The fraction of sp³-hybridized carbons (Fsp3) is 0.269. The summed E-state index contributed by atoms with van der Waals surface area (Å²) in [5.41, 5.74) is 2.47. The third-order valence-electron chi connectivity index (χ3n) is 5.56. The minimum Gasteiger partial charge on any atom is -0.493 e. The Labute approximate surface area is 194 Å². The molecule has 0 saturated carbocycles. The van der Waals surface area contributed by atoms with Gasteiger partial charge in [0.2, 0.25) is 0 Å². The number of alkyl halides is 2. The highest BCUT2D eigenvalue weighted by Gasteiger charge is 2.22. The second-order valence-electron chi connectivity index (χ2n) is 8.13. The maximum atomic E-state index is 13.8. The summed E-state index contributed by atoms with van der Waals surface area (Å²) < 4.78 is 46.6. The van der Waals surface area contributed by atoms with Crippen LogP contribution in [0.3, 0.4) is 0 Å². The number of aromatic nitrogens is 1. The molecule has 2 aromatic carbocycles. The Morgan fingerprint density at radius 2 is 2.03 bits per heavy atom. The van der Waals surface area contributed by atoms with Crippen molar-refractivity contribution in [2.75, 3.05) is 6.61 Å². The quantitative estimate of drug-likeness (QED) is 0.405. The van der Waals surface area contributed by atoms with Crippen molar-refractivity contribution in [2.45, 2.75) is 38.3 Å². The number of allylic oxidation sites excluding steroid dienone is 4. The number of H-pyrrole nitrogens is 1. The Balaban J connectivity index is 1.55. The summed E-state index contributed by atoms with van der Waals surface area (Å²) in [4.78, 5) is 16.1. The second-order valence-corrected chi connectivity index (χ2v) is 8.13. The van der Waals surface area contributed by atoms with E-state index < -0.39 is 30.3 Å². The maximum absolute atomic E-state index is 13.8. The van der Waals surface area contributed by atoms with E-state index in [1.165, 1.54) is 30.4 Å². The van der Waals surface area contributed by atoms with E-state index in [9.17, 15) is 23.1 Å². The number of rotatable bonds is 8. The molecule has 0 radical (unpaired) electrons. The van der Waals surface area contributed by atoms with Crippen LogP contribution in [0.15, 0.2) is 60.8 Å². The van der Waals surface area contributed by atoms with Crippen LogP contribution in [0, 0.1) is 5.82 Å². The van der Waals surface area contributed by atoms with Crippen molar-refractivity contribution in [1.82, 2.24) is 10.3 Å². The lowest BCUT2D eigenvalue weighted by molar-refractivity contribution is 0.0782. The first-order valence-electron chi connectivity index (χ1n) is 11.1. The second kappa shape index (κ2) is 10.2. The van der Waals surface area contributed by atoms with Gasteiger partial charge in [-0.2, -0.15) is 0 Å². The number of amides is 1. The van der Waals surface area contributed by atoms with Crippen LogP contribution in [0.25, 0.3) is 16.5 Å². The van der Waals surface area contributed by atoms with Gasteiger partial charge in [0, 0.05) is 23.5 Å². The topological polar surface area (TPSA) is 74.3 Å². The van der Waals surface area contributed by atoms with Gasteiger partial charge < -0.3 is 20.1 Å². The molecule has 3 unspecified atom stereocenters. The van der Waals surface area contributed by atoms with Gasteiger partial charge in [0.25, 0.3) is 5.91 Å². The highest BCUT2D eigenvalue weighted by atomic mass is 19.2. The zero-order chi connectivity index (χ0) is 24.2. The van der Waals surface area contributed by atoms with E-state index >= 15 is 0 Å². The summed E-state index contributed by atoms with van der Waals surface area (Å²) in [6.45, 7) is 2.30. The van der Waals surface area contributed by atoms with E-state index in [-0.39, 0.29) is 12.0 Å². The van der Waals surface area contributed by atoms with Crippen LogP contribution in [0.5, 0.6) is 5.75 Å². The third kappa shape index (κ3) is 5.17. The minimum atomic E-state index is -1.77. The van der Waals surface area contributed by atoms with E-state index in [2.05, 4.69) is 10.3 Å². The lowest BCUT2D eigenvalue weighted by Crippen LogP contribution is -2.36. The van der Waals surface area contributed by atoms with E-state index in [1.807, 2.05) is 6.92 Å². The predicted octanol–water partition coefficient (Wildman–Crippen LogP) is 5.02. The zero-order valence-corrected chi connectivity index (χ0v) is 18.5. The number of halogens is 3. The third-order valence-corrected chi connectivity index (χ3v) is 5.56. The molecule has 1 aromatic heterocycles. The standard InChI is InChI=1S/C26H25F3N2O3/c1-2-9-34-24-8-4-15(16-3-6-21(28)22(29)11-16)10-20(24)26(33)31-25(32)12-17-14-30-23-7-5-18(27)13-19(17)23/h3-8,10-11,13-14,21-22,25,30,32H,2,9,12H2,1H3,(H,31,33). The molecule has 5 nitrogen and oxygen atoms in total. The lowest BCUT2D eigenvalue weighted by atomic mass is 9.96. The first-order valence-corrected chi connectivity index (χ1v) is 11.1. The van der Waals surface area contributed by atoms with Gasteiger partial charge in [-0.15, -0.1) is 0 Å². The molecule has 1 heterocycles. The summed E-state index contributed by atoms with van der Waals surface area (Å²) in [6, 6.07) is 9.08. The Hall–Kier alpha value is -3.52. The number of carbonyl (C=O) groups is 1. The molecule has 0 bridgehead atoms. The summed E-state index contributed by atoms with van der Waals surface area (Å²) >= 11 is 0. The van der Waals surface area contributed by atoms with Gasteiger partial charge in [-0.05, 0) is 65.6 Å². The first-order chi connectivity index (χ1) is 16.4. The van der Waals surface area contributed by atoms with Crippen LogP contribution in [0.1, 0.15) is 34.8 Å². The minimum absolute atomic E-state index is 0.0509. The Morgan fingerprint density at radius 1 is 1.21 bits per heavy atom.